The number of hydrogen-bond acceptors (Lipinski definition) is 3. The molecule has 5 nitrogen and oxygen atoms in total. The second kappa shape index (κ2) is 5.12. The molecule has 0 aromatic carbocycles. The zero-order valence-electron chi connectivity index (χ0n) is 10.4. The van der Waals surface area contributed by atoms with Crippen molar-refractivity contribution in [2.75, 3.05) is 0 Å². The Morgan fingerprint density at radius 3 is 2.39 bits per heavy atom. The Kier molecular flexibility index (Phi) is 4.00. The molecule has 0 bridgehead atoms. The van der Waals surface area contributed by atoms with E-state index in [2.05, 4.69) is 10.3 Å². The monoisotopic (exact) mass is 254 g/mol. The van der Waals surface area contributed by atoms with Crippen LogP contribution in [0.5, 0.6) is 0 Å². The Bertz CT molecular complexity index is 451. The first kappa shape index (κ1) is 14.1. The van der Waals surface area contributed by atoms with E-state index in [0.717, 1.165) is 12.3 Å². The molecule has 1 atom stereocenters. The van der Waals surface area contributed by atoms with Gasteiger partial charge >= 0.3 is 5.97 Å². The maximum atomic E-state index is 12.6. The summed E-state index contributed by atoms with van der Waals surface area (Å²) in [6.07, 6.45) is 0.905. The summed E-state index contributed by atoms with van der Waals surface area (Å²) in [6, 6.07) is 1.25. The van der Waals surface area contributed by atoms with Crippen molar-refractivity contribution >= 4 is 11.9 Å². The largest absolute Gasteiger partial charge is 0.480 e. The molecule has 1 aromatic heterocycles. The lowest BCUT2D eigenvalue weighted by Crippen LogP contribution is -2.49. The third-order valence-electron chi connectivity index (χ3n) is 2.35. The minimum atomic E-state index is -1.13. The molecule has 0 saturated carbocycles. The standard InChI is InChI=1S/C12H15FN2O3/c1-12(2,3)9(11(17)18)15-10(16)8-5-4-7(13)6-14-8/h4-6,9H,1-3H3,(H,15,16)(H,17,18). The van der Waals surface area contributed by atoms with E-state index in [1.807, 2.05) is 0 Å². The summed E-state index contributed by atoms with van der Waals surface area (Å²) in [4.78, 5) is 26.4. The van der Waals surface area contributed by atoms with Gasteiger partial charge in [0.05, 0.1) is 6.20 Å². The Balaban J connectivity index is 2.86. The second-order valence-electron chi connectivity index (χ2n) is 4.97. The summed E-state index contributed by atoms with van der Waals surface area (Å²) >= 11 is 0. The number of carboxylic acid groups (broad SMARTS) is 1. The molecular formula is C12H15FN2O3. The topological polar surface area (TPSA) is 79.3 Å². The molecule has 18 heavy (non-hydrogen) atoms. The van der Waals surface area contributed by atoms with Crippen LogP contribution in [0.25, 0.3) is 0 Å². The van der Waals surface area contributed by atoms with Crippen LogP contribution < -0.4 is 5.32 Å². The van der Waals surface area contributed by atoms with Gasteiger partial charge < -0.3 is 10.4 Å². The fraction of sp³-hybridized carbons (Fsp3) is 0.417. The molecule has 0 saturated heterocycles. The van der Waals surface area contributed by atoms with Crippen LogP contribution in [0.2, 0.25) is 0 Å². The van der Waals surface area contributed by atoms with Gasteiger partial charge in [-0.1, -0.05) is 20.8 Å². The number of aliphatic carboxylic acids is 1. The fourth-order valence-corrected chi connectivity index (χ4v) is 1.36. The zero-order valence-corrected chi connectivity index (χ0v) is 10.4. The van der Waals surface area contributed by atoms with Crippen molar-refractivity contribution in [3.63, 3.8) is 0 Å². The number of nitrogens with one attached hydrogen (secondary N) is 1. The number of rotatable bonds is 3. The van der Waals surface area contributed by atoms with Gasteiger partial charge in [0.2, 0.25) is 0 Å². The van der Waals surface area contributed by atoms with E-state index < -0.39 is 29.2 Å². The number of hydrogen-bond donors (Lipinski definition) is 2. The summed E-state index contributed by atoms with van der Waals surface area (Å²) in [5.41, 5.74) is -0.659. The van der Waals surface area contributed by atoms with Crippen molar-refractivity contribution in [3.8, 4) is 0 Å². The van der Waals surface area contributed by atoms with E-state index in [1.54, 1.807) is 20.8 Å². The highest BCUT2D eigenvalue weighted by Crippen LogP contribution is 2.19. The van der Waals surface area contributed by atoms with Crippen LogP contribution >= 0.6 is 0 Å². The maximum Gasteiger partial charge on any atom is 0.326 e. The Morgan fingerprint density at radius 2 is 2.00 bits per heavy atom. The third kappa shape index (κ3) is 3.51. The quantitative estimate of drug-likeness (QED) is 0.855. The van der Waals surface area contributed by atoms with Crippen molar-refractivity contribution in [1.29, 1.82) is 0 Å². The Labute approximate surface area is 104 Å². The molecule has 0 aliphatic rings. The smallest absolute Gasteiger partial charge is 0.326 e. The first-order chi connectivity index (χ1) is 8.21. The molecular weight excluding hydrogens is 239 g/mol. The molecule has 0 aliphatic heterocycles. The van der Waals surface area contributed by atoms with Crippen molar-refractivity contribution in [2.45, 2.75) is 26.8 Å². The van der Waals surface area contributed by atoms with Gasteiger partial charge in [-0.3, -0.25) is 4.79 Å². The van der Waals surface area contributed by atoms with Gasteiger partial charge in [-0.25, -0.2) is 14.2 Å². The van der Waals surface area contributed by atoms with E-state index in [-0.39, 0.29) is 5.69 Å². The van der Waals surface area contributed by atoms with E-state index in [9.17, 15) is 14.0 Å². The summed E-state index contributed by atoms with van der Waals surface area (Å²) in [7, 11) is 0. The molecule has 0 aliphatic carbocycles. The number of aromatic nitrogens is 1. The van der Waals surface area contributed by atoms with Crippen molar-refractivity contribution < 1.29 is 19.1 Å². The van der Waals surface area contributed by atoms with Gasteiger partial charge in [-0.05, 0) is 17.5 Å². The summed E-state index contributed by atoms with van der Waals surface area (Å²) in [5.74, 6) is -2.33. The van der Waals surface area contributed by atoms with Crippen LogP contribution in [0.1, 0.15) is 31.3 Å². The molecule has 6 heteroatoms. The normalized spacial score (nSPS) is 12.9. The van der Waals surface area contributed by atoms with Crippen LogP contribution in [0.4, 0.5) is 4.39 Å². The predicted molar refractivity (Wildman–Crippen MR) is 62.5 cm³/mol. The lowest BCUT2D eigenvalue weighted by Gasteiger charge is -2.27. The zero-order chi connectivity index (χ0) is 13.9. The number of amides is 1. The van der Waals surface area contributed by atoms with Crippen LogP contribution in [-0.4, -0.2) is 28.0 Å². The first-order valence-electron chi connectivity index (χ1n) is 5.37. The number of carbonyl (C=O) groups is 2. The van der Waals surface area contributed by atoms with Crippen molar-refractivity contribution in [1.82, 2.24) is 10.3 Å². The number of pyridine rings is 1. The summed E-state index contributed by atoms with van der Waals surface area (Å²) < 4.78 is 12.6. The summed E-state index contributed by atoms with van der Waals surface area (Å²) in [6.45, 7) is 5.10. The van der Waals surface area contributed by atoms with Crippen molar-refractivity contribution in [2.24, 2.45) is 5.41 Å². The van der Waals surface area contributed by atoms with Gasteiger partial charge in [0.1, 0.15) is 17.6 Å². The minimum Gasteiger partial charge on any atom is -0.480 e. The minimum absolute atomic E-state index is 0.0214. The van der Waals surface area contributed by atoms with Gasteiger partial charge in [-0.15, -0.1) is 0 Å². The average Bonchev–Trinajstić information content (AvgIpc) is 2.24. The van der Waals surface area contributed by atoms with E-state index in [0.29, 0.717) is 0 Å². The van der Waals surface area contributed by atoms with Crippen LogP contribution in [0.15, 0.2) is 18.3 Å². The van der Waals surface area contributed by atoms with Gasteiger partial charge in [0.15, 0.2) is 0 Å². The lowest BCUT2D eigenvalue weighted by atomic mass is 9.86. The Morgan fingerprint density at radius 1 is 1.39 bits per heavy atom. The number of halogens is 1. The second-order valence-corrected chi connectivity index (χ2v) is 4.97. The predicted octanol–water partition coefficient (Wildman–Crippen LogP) is 1.45. The van der Waals surface area contributed by atoms with Gasteiger partial charge in [0.25, 0.3) is 5.91 Å². The molecule has 0 fully saturated rings. The molecule has 1 unspecified atom stereocenters. The highest BCUT2D eigenvalue weighted by molar-refractivity contribution is 5.95. The van der Waals surface area contributed by atoms with Crippen LogP contribution in [0, 0.1) is 11.2 Å². The van der Waals surface area contributed by atoms with Crippen molar-refractivity contribution in [3.05, 3.63) is 29.8 Å². The van der Waals surface area contributed by atoms with Gasteiger partial charge in [-0.2, -0.15) is 0 Å². The Hall–Kier alpha value is -1.98. The highest BCUT2D eigenvalue weighted by atomic mass is 19.1. The molecule has 0 radical (unpaired) electrons. The highest BCUT2D eigenvalue weighted by Gasteiger charge is 2.32. The van der Waals surface area contributed by atoms with Crippen LogP contribution in [-0.2, 0) is 4.79 Å². The molecule has 1 aromatic rings. The molecule has 1 amide bonds. The number of carbonyl (C=O) groups excluding carboxylic acids is 1. The molecule has 0 spiro atoms. The van der Waals surface area contributed by atoms with Gasteiger partial charge in [0, 0.05) is 0 Å². The molecule has 1 rings (SSSR count). The lowest BCUT2D eigenvalue weighted by molar-refractivity contribution is -0.142. The number of nitrogens with zero attached hydrogens (tertiary/aromatic N) is 1. The van der Waals surface area contributed by atoms with Crippen LogP contribution in [0.3, 0.4) is 0 Å². The fourth-order valence-electron chi connectivity index (χ4n) is 1.36. The molecule has 2 N–H and O–H groups in total. The first-order valence-corrected chi connectivity index (χ1v) is 5.37. The third-order valence-corrected chi connectivity index (χ3v) is 2.35. The maximum absolute atomic E-state index is 12.6. The average molecular weight is 254 g/mol. The molecule has 98 valence electrons. The summed E-state index contributed by atoms with van der Waals surface area (Å²) in [5, 5.41) is 11.4. The van der Waals surface area contributed by atoms with E-state index >= 15 is 0 Å². The SMILES string of the molecule is CC(C)(C)C(NC(=O)c1ccc(F)cn1)C(=O)O. The molecule has 1 heterocycles. The number of carboxylic acids is 1. The van der Waals surface area contributed by atoms with E-state index in [1.165, 1.54) is 6.07 Å². The van der Waals surface area contributed by atoms with E-state index in [4.69, 9.17) is 5.11 Å².